The number of para-hydroxylation sites is 1. The molecular formula is C68H47N. The molecule has 0 amide bonds. The molecule has 12 aromatic carbocycles. The molecule has 0 aliphatic heterocycles. The fourth-order valence-corrected chi connectivity index (χ4v) is 10.2. The van der Waals surface area contributed by atoms with Gasteiger partial charge in [-0.25, -0.2) is 0 Å². The van der Waals surface area contributed by atoms with Crippen molar-refractivity contribution in [1.29, 1.82) is 0 Å². The number of fused-ring (bicyclic) bond motifs is 3. The first-order valence-corrected chi connectivity index (χ1v) is 23.7. The summed E-state index contributed by atoms with van der Waals surface area (Å²) >= 11 is 0. The number of rotatable bonds is 10. The van der Waals surface area contributed by atoms with Crippen LogP contribution < -0.4 is 4.90 Å². The van der Waals surface area contributed by atoms with Crippen LogP contribution in [-0.2, 0) is 0 Å². The highest BCUT2D eigenvalue weighted by atomic mass is 15.1. The van der Waals surface area contributed by atoms with Gasteiger partial charge in [-0.3, -0.25) is 0 Å². The summed E-state index contributed by atoms with van der Waals surface area (Å²) in [7, 11) is 0. The summed E-state index contributed by atoms with van der Waals surface area (Å²) in [6, 6.07) is 104. The predicted molar refractivity (Wildman–Crippen MR) is 294 cm³/mol. The maximum absolute atomic E-state index is 2.40. The Morgan fingerprint density at radius 1 is 0.188 bits per heavy atom. The van der Waals surface area contributed by atoms with Crippen LogP contribution in [0.3, 0.4) is 0 Å². The van der Waals surface area contributed by atoms with E-state index >= 15 is 0 Å². The molecule has 0 atom stereocenters. The van der Waals surface area contributed by atoms with E-state index in [-0.39, 0.29) is 0 Å². The van der Waals surface area contributed by atoms with Crippen molar-refractivity contribution in [3.8, 4) is 77.9 Å². The van der Waals surface area contributed by atoms with Crippen molar-refractivity contribution in [3.05, 3.63) is 285 Å². The highest BCUT2D eigenvalue weighted by molar-refractivity contribution is 6.22. The van der Waals surface area contributed by atoms with Crippen molar-refractivity contribution < 1.29 is 0 Å². The first-order valence-electron chi connectivity index (χ1n) is 23.7. The van der Waals surface area contributed by atoms with Crippen molar-refractivity contribution >= 4 is 38.6 Å². The minimum Gasteiger partial charge on any atom is -0.310 e. The van der Waals surface area contributed by atoms with Gasteiger partial charge in [-0.05, 0) is 136 Å². The Bertz CT molecular complexity index is 3720. The zero-order valence-electron chi connectivity index (χ0n) is 38.1. The van der Waals surface area contributed by atoms with Crippen LogP contribution in [0, 0.1) is 0 Å². The molecule has 324 valence electrons. The van der Waals surface area contributed by atoms with Gasteiger partial charge in [0.15, 0.2) is 0 Å². The van der Waals surface area contributed by atoms with E-state index in [1.54, 1.807) is 0 Å². The topological polar surface area (TPSA) is 3.24 Å². The molecule has 12 rings (SSSR count). The van der Waals surface area contributed by atoms with E-state index in [1.807, 2.05) is 0 Å². The van der Waals surface area contributed by atoms with Crippen LogP contribution in [0.1, 0.15) is 0 Å². The molecule has 12 aromatic rings. The molecule has 0 aromatic heterocycles. The van der Waals surface area contributed by atoms with Gasteiger partial charge in [0.2, 0.25) is 0 Å². The summed E-state index contributed by atoms with van der Waals surface area (Å²) in [6.45, 7) is 0. The lowest BCUT2D eigenvalue weighted by Crippen LogP contribution is -2.11. The Morgan fingerprint density at radius 3 is 1.14 bits per heavy atom. The molecule has 0 heterocycles. The molecule has 0 unspecified atom stereocenters. The summed E-state index contributed by atoms with van der Waals surface area (Å²) in [5.74, 6) is 0. The van der Waals surface area contributed by atoms with Crippen molar-refractivity contribution in [2.24, 2.45) is 0 Å². The number of anilines is 3. The van der Waals surface area contributed by atoms with Gasteiger partial charge in [-0.2, -0.15) is 0 Å². The van der Waals surface area contributed by atoms with E-state index in [9.17, 15) is 0 Å². The molecule has 0 fully saturated rings. The van der Waals surface area contributed by atoms with E-state index in [2.05, 4.69) is 290 Å². The monoisotopic (exact) mass is 877 g/mol. The molecule has 1 nitrogen and oxygen atoms in total. The smallest absolute Gasteiger partial charge is 0.0540 e. The zero-order chi connectivity index (χ0) is 45.9. The van der Waals surface area contributed by atoms with Crippen LogP contribution in [0.2, 0.25) is 0 Å². The van der Waals surface area contributed by atoms with Crippen molar-refractivity contribution in [3.63, 3.8) is 0 Å². The van der Waals surface area contributed by atoms with Gasteiger partial charge in [0.1, 0.15) is 0 Å². The zero-order valence-corrected chi connectivity index (χ0v) is 38.1. The summed E-state index contributed by atoms with van der Waals surface area (Å²) < 4.78 is 0. The maximum Gasteiger partial charge on any atom is 0.0540 e. The minimum atomic E-state index is 1.08. The van der Waals surface area contributed by atoms with Gasteiger partial charge < -0.3 is 4.90 Å². The highest BCUT2D eigenvalue weighted by Crippen LogP contribution is 2.47. The van der Waals surface area contributed by atoms with Gasteiger partial charge in [0.05, 0.1) is 5.69 Å². The van der Waals surface area contributed by atoms with E-state index in [1.165, 1.54) is 93.9 Å². The molecule has 0 radical (unpaired) electrons. The summed E-state index contributed by atoms with van der Waals surface area (Å²) in [5.41, 5.74) is 20.1. The Labute approximate surface area is 404 Å². The SMILES string of the molecule is c1ccc(-c2ccc(-c3ccc(N(c4ccc(-c5ccc6c(-c7ccccc7)c(-c7ccccc7)c7ccccc7c6c5)cc4)c4ccccc4-c4ccccc4)cc3)c(-c3ccccc3)c2)cc1. The van der Waals surface area contributed by atoms with E-state index in [0.29, 0.717) is 0 Å². The quantitative estimate of drug-likeness (QED) is 0.124. The number of nitrogens with zero attached hydrogens (tertiary/aromatic N) is 1. The summed E-state index contributed by atoms with van der Waals surface area (Å²) in [4.78, 5) is 2.40. The average Bonchev–Trinajstić information content (AvgIpc) is 3.44. The second-order valence-electron chi connectivity index (χ2n) is 17.6. The average molecular weight is 878 g/mol. The summed E-state index contributed by atoms with van der Waals surface area (Å²) in [6.07, 6.45) is 0. The molecule has 0 saturated carbocycles. The van der Waals surface area contributed by atoms with Gasteiger partial charge >= 0.3 is 0 Å². The van der Waals surface area contributed by atoms with Gasteiger partial charge in [0.25, 0.3) is 0 Å². The largest absolute Gasteiger partial charge is 0.310 e. The Hall–Kier alpha value is -9.04. The third-order valence-electron chi connectivity index (χ3n) is 13.5. The van der Waals surface area contributed by atoms with Crippen LogP contribution in [0.5, 0.6) is 0 Å². The van der Waals surface area contributed by atoms with Crippen LogP contribution >= 0.6 is 0 Å². The lowest BCUT2D eigenvalue weighted by Gasteiger charge is -2.28. The third kappa shape index (κ3) is 7.97. The molecule has 0 aliphatic carbocycles. The number of hydrogen-bond acceptors (Lipinski definition) is 1. The van der Waals surface area contributed by atoms with E-state index in [0.717, 1.165) is 22.6 Å². The van der Waals surface area contributed by atoms with Crippen molar-refractivity contribution in [2.75, 3.05) is 4.90 Å². The molecule has 0 aliphatic rings. The summed E-state index contributed by atoms with van der Waals surface area (Å²) in [5, 5.41) is 4.99. The Kier molecular flexibility index (Phi) is 11.0. The highest BCUT2D eigenvalue weighted by Gasteiger charge is 2.21. The molecule has 0 bridgehead atoms. The van der Waals surface area contributed by atoms with Gasteiger partial charge in [-0.1, -0.05) is 243 Å². The molecule has 0 saturated heterocycles. The van der Waals surface area contributed by atoms with Crippen LogP contribution in [0.25, 0.3) is 99.4 Å². The van der Waals surface area contributed by atoms with Gasteiger partial charge in [-0.15, -0.1) is 0 Å². The van der Waals surface area contributed by atoms with Gasteiger partial charge in [0, 0.05) is 16.9 Å². The Morgan fingerprint density at radius 2 is 0.565 bits per heavy atom. The molecule has 69 heavy (non-hydrogen) atoms. The van der Waals surface area contributed by atoms with Crippen molar-refractivity contribution in [1.82, 2.24) is 0 Å². The lowest BCUT2D eigenvalue weighted by molar-refractivity contribution is 1.28. The van der Waals surface area contributed by atoms with E-state index in [4.69, 9.17) is 0 Å². The number of benzene rings is 12. The van der Waals surface area contributed by atoms with E-state index < -0.39 is 0 Å². The van der Waals surface area contributed by atoms with Crippen LogP contribution in [0.4, 0.5) is 17.1 Å². The molecular weight excluding hydrogens is 831 g/mol. The lowest BCUT2D eigenvalue weighted by atomic mass is 9.84. The molecule has 0 N–H and O–H groups in total. The third-order valence-corrected chi connectivity index (χ3v) is 13.5. The van der Waals surface area contributed by atoms with Crippen molar-refractivity contribution in [2.45, 2.75) is 0 Å². The normalized spacial score (nSPS) is 11.2. The standard InChI is InChI=1S/C68H47N/c1-6-20-48(21-7-1)55-38-44-59(64(46-55)51-24-10-3-11-25-51)52-36-42-58(43-37-52)69(66-33-19-18-30-60(66)50-22-8-2-9-23-50)57-40-34-49(35-41-57)56-39-45-63-65(47-56)61-31-16-17-32-62(61)67(53-26-12-4-13-27-53)68(63)54-28-14-5-15-29-54/h1-47H. The second kappa shape index (κ2) is 18.3. The minimum absolute atomic E-state index is 1.08. The molecule has 0 spiro atoms. The predicted octanol–water partition coefficient (Wildman–Crippen LogP) is 19.1. The number of hydrogen-bond donors (Lipinski definition) is 0. The molecule has 1 heteroatoms. The maximum atomic E-state index is 2.40. The second-order valence-corrected chi connectivity index (χ2v) is 17.6. The fraction of sp³-hybridized carbons (Fsp3) is 0. The first kappa shape index (κ1) is 41.4. The van der Waals surface area contributed by atoms with Crippen LogP contribution in [-0.4, -0.2) is 0 Å². The Balaban J connectivity index is 0.969. The van der Waals surface area contributed by atoms with Crippen LogP contribution in [0.15, 0.2) is 285 Å². The first-order chi connectivity index (χ1) is 34.2. The fourth-order valence-electron chi connectivity index (χ4n) is 10.2.